The van der Waals surface area contributed by atoms with E-state index in [1.807, 2.05) is 13.0 Å². The van der Waals surface area contributed by atoms with Gasteiger partial charge in [-0.25, -0.2) is 14.8 Å². The fourth-order valence-electron chi connectivity index (χ4n) is 2.35. The standard InChI is InChI=1S/C14H19N3O2/c1-10-9-12(11-5-7-17(2)8-6-11)16-13(15-10)3-4-14(18)19/h3-4,9,11H,5-8H2,1-2H3,(H,18,19)/b4-3+. The van der Waals surface area contributed by atoms with Crippen LogP contribution in [-0.4, -0.2) is 46.1 Å². The zero-order valence-corrected chi connectivity index (χ0v) is 11.3. The highest BCUT2D eigenvalue weighted by molar-refractivity contribution is 5.84. The average molecular weight is 261 g/mol. The summed E-state index contributed by atoms with van der Waals surface area (Å²) in [5.74, 6) is -0.0443. The van der Waals surface area contributed by atoms with Crippen molar-refractivity contribution in [2.45, 2.75) is 25.7 Å². The maximum Gasteiger partial charge on any atom is 0.328 e. The number of carboxylic acids is 1. The van der Waals surface area contributed by atoms with Crippen LogP contribution in [0, 0.1) is 6.92 Å². The van der Waals surface area contributed by atoms with Gasteiger partial charge < -0.3 is 10.0 Å². The van der Waals surface area contributed by atoms with Gasteiger partial charge in [-0.3, -0.25) is 0 Å². The number of aliphatic carboxylic acids is 1. The van der Waals surface area contributed by atoms with E-state index in [4.69, 9.17) is 5.11 Å². The van der Waals surface area contributed by atoms with Crippen molar-refractivity contribution in [3.63, 3.8) is 0 Å². The van der Waals surface area contributed by atoms with Crippen LogP contribution in [0.1, 0.15) is 36.0 Å². The van der Waals surface area contributed by atoms with E-state index < -0.39 is 5.97 Å². The summed E-state index contributed by atoms with van der Waals surface area (Å²) in [4.78, 5) is 21.6. The Morgan fingerprint density at radius 3 is 2.74 bits per heavy atom. The first kappa shape index (κ1) is 13.7. The summed E-state index contributed by atoms with van der Waals surface area (Å²) < 4.78 is 0. The molecule has 0 aliphatic carbocycles. The fraction of sp³-hybridized carbons (Fsp3) is 0.500. The van der Waals surface area contributed by atoms with Crippen LogP contribution in [-0.2, 0) is 4.79 Å². The van der Waals surface area contributed by atoms with Crippen molar-refractivity contribution in [2.75, 3.05) is 20.1 Å². The molecule has 0 atom stereocenters. The molecule has 102 valence electrons. The molecule has 1 aliphatic rings. The molecule has 2 rings (SSSR count). The third-order valence-electron chi connectivity index (χ3n) is 3.40. The Bertz CT molecular complexity index is 491. The predicted octanol–water partition coefficient (Wildman–Crippen LogP) is 1.69. The molecule has 0 aromatic carbocycles. The molecule has 2 heterocycles. The molecular formula is C14H19N3O2. The number of carboxylic acid groups (broad SMARTS) is 1. The Morgan fingerprint density at radius 1 is 1.42 bits per heavy atom. The normalized spacial score (nSPS) is 18.0. The van der Waals surface area contributed by atoms with Crippen LogP contribution in [0.3, 0.4) is 0 Å². The van der Waals surface area contributed by atoms with E-state index in [2.05, 4.69) is 21.9 Å². The van der Waals surface area contributed by atoms with Gasteiger partial charge in [0, 0.05) is 23.4 Å². The lowest BCUT2D eigenvalue weighted by Gasteiger charge is -2.28. The van der Waals surface area contributed by atoms with Gasteiger partial charge in [0.05, 0.1) is 0 Å². The van der Waals surface area contributed by atoms with E-state index in [1.54, 1.807) is 0 Å². The SMILES string of the molecule is Cc1cc(C2CCN(C)CC2)nc(/C=C/C(=O)O)n1. The predicted molar refractivity (Wildman–Crippen MR) is 72.9 cm³/mol. The van der Waals surface area contributed by atoms with Gasteiger partial charge in [-0.2, -0.15) is 0 Å². The van der Waals surface area contributed by atoms with Gasteiger partial charge in [0.25, 0.3) is 0 Å². The van der Waals surface area contributed by atoms with Gasteiger partial charge in [-0.1, -0.05) is 0 Å². The summed E-state index contributed by atoms with van der Waals surface area (Å²) in [6.45, 7) is 4.07. The van der Waals surface area contributed by atoms with Crippen LogP contribution in [0.5, 0.6) is 0 Å². The molecule has 19 heavy (non-hydrogen) atoms. The molecule has 0 amide bonds. The topological polar surface area (TPSA) is 66.3 Å². The second-order valence-electron chi connectivity index (χ2n) is 5.04. The van der Waals surface area contributed by atoms with Crippen molar-refractivity contribution in [1.29, 1.82) is 0 Å². The first-order valence-corrected chi connectivity index (χ1v) is 6.50. The van der Waals surface area contributed by atoms with E-state index in [9.17, 15) is 4.79 Å². The van der Waals surface area contributed by atoms with Crippen LogP contribution < -0.4 is 0 Å². The third-order valence-corrected chi connectivity index (χ3v) is 3.40. The number of piperidine rings is 1. The zero-order valence-electron chi connectivity index (χ0n) is 11.3. The molecule has 0 radical (unpaired) electrons. The number of carbonyl (C=O) groups is 1. The van der Waals surface area contributed by atoms with Crippen LogP contribution in [0.15, 0.2) is 12.1 Å². The number of aryl methyl sites for hydroxylation is 1. The molecule has 5 heteroatoms. The van der Waals surface area contributed by atoms with Crippen molar-refractivity contribution in [3.8, 4) is 0 Å². The maximum atomic E-state index is 10.5. The first-order chi connectivity index (χ1) is 9.04. The highest BCUT2D eigenvalue weighted by Gasteiger charge is 2.20. The second kappa shape index (κ2) is 5.93. The van der Waals surface area contributed by atoms with E-state index in [0.717, 1.165) is 43.4 Å². The van der Waals surface area contributed by atoms with E-state index in [0.29, 0.717) is 11.7 Å². The van der Waals surface area contributed by atoms with Crippen molar-refractivity contribution < 1.29 is 9.90 Å². The molecule has 1 N–H and O–H groups in total. The quantitative estimate of drug-likeness (QED) is 0.839. The number of aromatic nitrogens is 2. The largest absolute Gasteiger partial charge is 0.478 e. The summed E-state index contributed by atoms with van der Waals surface area (Å²) in [6, 6.07) is 2.01. The number of nitrogens with zero attached hydrogens (tertiary/aromatic N) is 3. The van der Waals surface area contributed by atoms with Gasteiger partial charge in [0.15, 0.2) is 5.82 Å². The molecule has 1 aromatic rings. The van der Waals surface area contributed by atoms with Gasteiger partial charge >= 0.3 is 5.97 Å². The highest BCUT2D eigenvalue weighted by Crippen LogP contribution is 2.26. The number of rotatable bonds is 3. The summed E-state index contributed by atoms with van der Waals surface area (Å²) in [5.41, 5.74) is 1.92. The van der Waals surface area contributed by atoms with Gasteiger partial charge in [-0.05, 0) is 52.0 Å². The Balaban J connectivity index is 2.19. The molecule has 5 nitrogen and oxygen atoms in total. The summed E-state index contributed by atoms with van der Waals surface area (Å²) in [5, 5.41) is 8.64. The second-order valence-corrected chi connectivity index (χ2v) is 5.04. The minimum absolute atomic E-state index is 0.454. The van der Waals surface area contributed by atoms with Crippen LogP contribution in [0.2, 0.25) is 0 Å². The summed E-state index contributed by atoms with van der Waals surface area (Å²) in [6.07, 6.45) is 4.71. The molecular weight excluding hydrogens is 242 g/mol. The highest BCUT2D eigenvalue weighted by atomic mass is 16.4. The smallest absolute Gasteiger partial charge is 0.328 e. The molecule has 1 aromatic heterocycles. The number of hydrogen-bond acceptors (Lipinski definition) is 4. The molecule has 0 unspecified atom stereocenters. The first-order valence-electron chi connectivity index (χ1n) is 6.50. The van der Waals surface area contributed by atoms with Crippen molar-refractivity contribution >= 4 is 12.0 Å². The van der Waals surface area contributed by atoms with Crippen LogP contribution in [0.25, 0.3) is 6.08 Å². The fourth-order valence-corrected chi connectivity index (χ4v) is 2.35. The zero-order chi connectivity index (χ0) is 13.8. The molecule has 1 saturated heterocycles. The Hall–Kier alpha value is -1.75. The molecule has 0 saturated carbocycles. The number of hydrogen-bond donors (Lipinski definition) is 1. The Morgan fingerprint density at radius 2 is 2.11 bits per heavy atom. The lowest BCUT2D eigenvalue weighted by atomic mass is 9.93. The average Bonchev–Trinajstić information content (AvgIpc) is 2.36. The molecule has 1 fully saturated rings. The van der Waals surface area contributed by atoms with Crippen molar-refractivity contribution in [2.24, 2.45) is 0 Å². The van der Waals surface area contributed by atoms with E-state index in [-0.39, 0.29) is 0 Å². The van der Waals surface area contributed by atoms with E-state index >= 15 is 0 Å². The molecule has 0 spiro atoms. The Kier molecular flexibility index (Phi) is 4.27. The number of likely N-dealkylation sites (tertiary alicyclic amines) is 1. The minimum atomic E-state index is -0.981. The monoisotopic (exact) mass is 261 g/mol. The lowest BCUT2D eigenvalue weighted by molar-refractivity contribution is -0.131. The molecule has 0 bridgehead atoms. The summed E-state index contributed by atoms with van der Waals surface area (Å²) in [7, 11) is 2.13. The third kappa shape index (κ3) is 3.86. The van der Waals surface area contributed by atoms with Crippen LogP contribution in [0.4, 0.5) is 0 Å². The van der Waals surface area contributed by atoms with Gasteiger partial charge in [-0.15, -0.1) is 0 Å². The maximum absolute atomic E-state index is 10.5. The van der Waals surface area contributed by atoms with Gasteiger partial charge in [0.2, 0.25) is 0 Å². The van der Waals surface area contributed by atoms with Crippen molar-refractivity contribution in [3.05, 3.63) is 29.4 Å². The lowest BCUT2D eigenvalue weighted by Crippen LogP contribution is -2.29. The Labute approximate surface area is 113 Å². The van der Waals surface area contributed by atoms with Gasteiger partial charge in [0.1, 0.15) is 0 Å². The van der Waals surface area contributed by atoms with Crippen LogP contribution >= 0.6 is 0 Å². The minimum Gasteiger partial charge on any atom is -0.478 e. The molecule has 1 aliphatic heterocycles. The van der Waals surface area contributed by atoms with E-state index in [1.165, 1.54) is 6.08 Å². The van der Waals surface area contributed by atoms with Crippen molar-refractivity contribution in [1.82, 2.24) is 14.9 Å². The summed E-state index contributed by atoms with van der Waals surface area (Å²) >= 11 is 0.